The zero-order chi connectivity index (χ0) is 16.1. The molecule has 0 radical (unpaired) electrons. The number of halogens is 3. The fourth-order valence-electron chi connectivity index (χ4n) is 1.96. The molecule has 0 aliphatic heterocycles. The number of ether oxygens (including phenoxy) is 1. The van der Waals surface area contributed by atoms with Crippen molar-refractivity contribution in [2.24, 2.45) is 0 Å². The SMILES string of the molecule is CCC(CNc1cc(Cl)c(Cl)cc1Cl)Oc1ccc(C)cc1. The Kier molecular flexibility index (Phi) is 6.25. The van der Waals surface area contributed by atoms with E-state index in [2.05, 4.69) is 19.2 Å². The molecular weight excluding hydrogens is 341 g/mol. The van der Waals surface area contributed by atoms with Crippen LogP contribution < -0.4 is 10.1 Å². The van der Waals surface area contributed by atoms with Crippen LogP contribution in [0.1, 0.15) is 18.9 Å². The Labute approximate surface area is 146 Å². The minimum atomic E-state index is 0.0354. The van der Waals surface area contributed by atoms with Crippen molar-refractivity contribution in [3.63, 3.8) is 0 Å². The van der Waals surface area contributed by atoms with Crippen LogP contribution in [0.25, 0.3) is 0 Å². The van der Waals surface area contributed by atoms with E-state index in [9.17, 15) is 0 Å². The summed E-state index contributed by atoms with van der Waals surface area (Å²) >= 11 is 18.1. The number of anilines is 1. The van der Waals surface area contributed by atoms with Crippen LogP contribution in [-0.4, -0.2) is 12.6 Å². The highest BCUT2D eigenvalue weighted by Gasteiger charge is 2.11. The van der Waals surface area contributed by atoms with E-state index in [0.29, 0.717) is 21.6 Å². The second-order valence-electron chi connectivity index (χ2n) is 5.09. The Morgan fingerprint density at radius 2 is 1.64 bits per heavy atom. The van der Waals surface area contributed by atoms with Crippen molar-refractivity contribution in [2.75, 3.05) is 11.9 Å². The highest BCUT2D eigenvalue weighted by atomic mass is 35.5. The summed E-state index contributed by atoms with van der Waals surface area (Å²) in [5.41, 5.74) is 1.96. The first-order chi connectivity index (χ1) is 10.5. The standard InChI is InChI=1S/C17H18Cl3NO/c1-3-12(22-13-6-4-11(2)5-7-13)10-21-17-9-15(19)14(18)8-16(17)20/h4-9,12,21H,3,10H2,1-2H3. The highest BCUT2D eigenvalue weighted by molar-refractivity contribution is 6.44. The monoisotopic (exact) mass is 357 g/mol. The summed E-state index contributed by atoms with van der Waals surface area (Å²) in [6.45, 7) is 4.76. The van der Waals surface area contributed by atoms with Crippen molar-refractivity contribution in [1.82, 2.24) is 0 Å². The summed E-state index contributed by atoms with van der Waals surface area (Å²) in [6, 6.07) is 11.4. The molecule has 1 unspecified atom stereocenters. The van der Waals surface area contributed by atoms with E-state index in [4.69, 9.17) is 39.5 Å². The lowest BCUT2D eigenvalue weighted by molar-refractivity contribution is 0.210. The van der Waals surface area contributed by atoms with E-state index in [-0.39, 0.29) is 6.10 Å². The lowest BCUT2D eigenvalue weighted by Gasteiger charge is -2.19. The van der Waals surface area contributed by atoms with Gasteiger partial charge < -0.3 is 10.1 Å². The number of rotatable bonds is 6. The molecule has 0 aromatic heterocycles. The summed E-state index contributed by atoms with van der Waals surface area (Å²) in [5, 5.41) is 4.72. The van der Waals surface area contributed by atoms with Gasteiger partial charge in [0.15, 0.2) is 0 Å². The Morgan fingerprint density at radius 3 is 2.27 bits per heavy atom. The van der Waals surface area contributed by atoms with Crippen molar-refractivity contribution in [1.29, 1.82) is 0 Å². The van der Waals surface area contributed by atoms with Gasteiger partial charge in [-0.15, -0.1) is 0 Å². The van der Waals surface area contributed by atoms with Gasteiger partial charge in [0.2, 0.25) is 0 Å². The van der Waals surface area contributed by atoms with Gasteiger partial charge in [-0.2, -0.15) is 0 Å². The maximum atomic E-state index is 6.16. The first-order valence-corrected chi connectivity index (χ1v) is 8.24. The molecule has 0 aliphatic carbocycles. The van der Waals surface area contributed by atoms with Gasteiger partial charge in [0.05, 0.1) is 27.3 Å². The minimum Gasteiger partial charge on any atom is -0.489 e. The summed E-state index contributed by atoms with van der Waals surface area (Å²) in [5.74, 6) is 0.861. The van der Waals surface area contributed by atoms with E-state index in [1.54, 1.807) is 12.1 Å². The molecule has 2 aromatic carbocycles. The van der Waals surface area contributed by atoms with Gasteiger partial charge >= 0.3 is 0 Å². The van der Waals surface area contributed by atoms with E-state index < -0.39 is 0 Å². The first-order valence-electron chi connectivity index (χ1n) is 7.11. The maximum Gasteiger partial charge on any atom is 0.119 e. The zero-order valence-electron chi connectivity index (χ0n) is 12.5. The third-order valence-electron chi connectivity index (χ3n) is 3.31. The predicted molar refractivity (Wildman–Crippen MR) is 95.8 cm³/mol. The number of aryl methyl sites for hydroxylation is 1. The fraction of sp³-hybridized carbons (Fsp3) is 0.294. The minimum absolute atomic E-state index is 0.0354. The van der Waals surface area contributed by atoms with E-state index >= 15 is 0 Å². The fourth-order valence-corrected chi connectivity index (χ4v) is 2.57. The van der Waals surface area contributed by atoms with Gasteiger partial charge in [0.25, 0.3) is 0 Å². The van der Waals surface area contributed by atoms with Crippen molar-refractivity contribution >= 4 is 40.5 Å². The zero-order valence-corrected chi connectivity index (χ0v) is 14.8. The Hall–Kier alpha value is -1.09. The van der Waals surface area contributed by atoms with Gasteiger partial charge in [-0.1, -0.05) is 59.4 Å². The third kappa shape index (κ3) is 4.70. The summed E-state index contributed by atoms with van der Waals surface area (Å²) in [4.78, 5) is 0. The summed E-state index contributed by atoms with van der Waals surface area (Å²) in [7, 11) is 0. The molecule has 0 bridgehead atoms. The van der Waals surface area contributed by atoms with E-state index in [0.717, 1.165) is 17.9 Å². The molecule has 1 N–H and O–H groups in total. The summed E-state index contributed by atoms with van der Waals surface area (Å²) in [6.07, 6.45) is 0.910. The number of hydrogen-bond acceptors (Lipinski definition) is 2. The molecule has 0 saturated heterocycles. The molecule has 0 amide bonds. The average molecular weight is 359 g/mol. The Morgan fingerprint density at radius 1 is 1.00 bits per heavy atom. The number of nitrogens with one attached hydrogen (secondary N) is 1. The van der Waals surface area contributed by atoms with Crippen LogP contribution in [0, 0.1) is 6.92 Å². The van der Waals surface area contributed by atoms with Crippen molar-refractivity contribution in [3.8, 4) is 5.75 Å². The van der Waals surface area contributed by atoms with Crippen molar-refractivity contribution < 1.29 is 4.74 Å². The smallest absolute Gasteiger partial charge is 0.119 e. The van der Waals surface area contributed by atoms with E-state index in [1.807, 2.05) is 24.3 Å². The quantitative estimate of drug-likeness (QED) is 0.618. The average Bonchev–Trinajstić information content (AvgIpc) is 2.50. The molecule has 5 heteroatoms. The lowest BCUT2D eigenvalue weighted by atomic mass is 10.2. The predicted octanol–water partition coefficient (Wildman–Crippen LogP) is 6.22. The molecular formula is C17H18Cl3NO. The maximum absolute atomic E-state index is 6.16. The molecule has 0 heterocycles. The molecule has 0 saturated carbocycles. The van der Waals surface area contributed by atoms with Crippen molar-refractivity contribution in [3.05, 3.63) is 57.0 Å². The van der Waals surface area contributed by atoms with Gasteiger partial charge in [0, 0.05) is 0 Å². The summed E-state index contributed by atoms with van der Waals surface area (Å²) < 4.78 is 5.97. The topological polar surface area (TPSA) is 21.3 Å². The third-order valence-corrected chi connectivity index (χ3v) is 4.34. The van der Waals surface area contributed by atoms with Crippen LogP contribution >= 0.6 is 34.8 Å². The van der Waals surface area contributed by atoms with Gasteiger partial charge in [-0.3, -0.25) is 0 Å². The van der Waals surface area contributed by atoms with Crippen LogP contribution in [0.3, 0.4) is 0 Å². The number of hydrogen-bond donors (Lipinski definition) is 1. The van der Waals surface area contributed by atoms with E-state index in [1.165, 1.54) is 5.56 Å². The molecule has 2 rings (SSSR count). The van der Waals surface area contributed by atoms with Gasteiger partial charge in [0.1, 0.15) is 11.9 Å². The molecule has 0 fully saturated rings. The molecule has 0 aliphatic rings. The number of benzene rings is 2. The van der Waals surface area contributed by atoms with Crippen LogP contribution in [-0.2, 0) is 0 Å². The molecule has 0 spiro atoms. The Bertz CT molecular complexity index is 629. The molecule has 2 nitrogen and oxygen atoms in total. The molecule has 1 atom stereocenters. The van der Waals surface area contributed by atoms with Crippen LogP contribution in [0.15, 0.2) is 36.4 Å². The van der Waals surface area contributed by atoms with Gasteiger partial charge in [-0.05, 0) is 37.6 Å². The second kappa shape index (κ2) is 7.96. The molecule has 2 aromatic rings. The van der Waals surface area contributed by atoms with Crippen LogP contribution in [0.2, 0.25) is 15.1 Å². The lowest BCUT2D eigenvalue weighted by Crippen LogP contribution is -2.25. The molecule has 118 valence electrons. The molecule has 22 heavy (non-hydrogen) atoms. The Balaban J connectivity index is 1.99. The van der Waals surface area contributed by atoms with Gasteiger partial charge in [-0.25, -0.2) is 0 Å². The van der Waals surface area contributed by atoms with Crippen molar-refractivity contribution in [2.45, 2.75) is 26.4 Å². The van der Waals surface area contributed by atoms with Crippen LogP contribution in [0.4, 0.5) is 5.69 Å². The first kappa shape index (κ1) is 17.3. The normalized spacial score (nSPS) is 12.0. The largest absolute Gasteiger partial charge is 0.489 e. The second-order valence-corrected chi connectivity index (χ2v) is 6.31. The highest BCUT2D eigenvalue weighted by Crippen LogP contribution is 2.32. The van der Waals surface area contributed by atoms with Crippen LogP contribution in [0.5, 0.6) is 5.75 Å².